The quantitative estimate of drug-likeness (QED) is 0.302. The maximum atomic E-state index is 13.5. The van der Waals surface area contributed by atoms with E-state index in [0.29, 0.717) is 15.9 Å². The van der Waals surface area contributed by atoms with Gasteiger partial charge in [0.05, 0.1) is 26.7 Å². The van der Waals surface area contributed by atoms with Crippen molar-refractivity contribution in [1.29, 1.82) is 0 Å². The van der Waals surface area contributed by atoms with Gasteiger partial charge in [0.25, 0.3) is 5.91 Å². The Balaban J connectivity index is 1.66. The number of ketones is 1. The number of aliphatic hydroxyl groups is 1. The Morgan fingerprint density at radius 1 is 1.15 bits per heavy atom. The monoisotopic (exact) mass is 488 g/mol. The van der Waals surface area contributed by atoms with E-state index >= 15 is 0 Å². The Bertz CT molecular complexity index is 1420. The van der Waals surface area contributed by atoms with Gasteiger partial charge in [0.1, 0.15) is 0 Å². The fraction of sp³-hybridized carbons (Fsp3) is 0.222. The molecule has 0 radical (unpaired) electrons. The molecule has 0 unspecified atom stereocenters. The molecule has 1 amide bonds. The van der Waals surface area contributed by atoms with E-state index in [2.05, 4.69) is 26.8 Å². The lowest BCUT2D eigenvalue weighted by molar-refractivity contribution is -0.117. The van der Waals surface area contributed by atoms with Crippen LogP contribution in [0.3, 0.4) is 0 Å². The van der Waals surface area contributed by atoms with E-state index < -0.39 is 17.7 Å². The number of aliphatic hydroxyl groups excluding tert-OH is 1. The predicted molar refractivity (Wildman–Crippen MR) is 138 cm³/mol. The first kappa shape index (κ1) is 22.5. The molecule has 0 saturated heterocycles. The number of anilines is 1. The number of rotatable bonds is 6. The summed E-state index contributed by atoms with van der Waals surface area (Å²) in [5, 5.41) is 13.2. The van der Waals surface area contributed by atoms with Crippen LogP contribution in [0.25, 0.3) is 10.2 Å². The lowest BCUT2D eigenvalue weighted by atomic mass is 9.93. The van der Waals surface area contributed by atoms with E-state index in [4.69, 9.17) is 4.98 Å². The van der Waals surface area contributed by atoms with Gasteiger partial charge in [0.15, 0.2) is 10.9 Å². The first-order valence-corrected chi connectivity index (χ1v) is 12.9. The van der Waals surface area contributed by atoms with Crippen molar-refractivity contribution in [3.63, 3.8) is 0 Å². The van der Waals surface area contributed by atoms with Crippen LogP contribution in [0, 0.1) is 0 Å². The number of hydrogen-bond acceptors (Lipinski definition) is 6. The Hall–Kier alpha value is -3.29. The normalized spacial score (nSPS) is 16.3. The molecule has 5 nitrogen and oxygen atoms in total. The van der Waals surface area contributed by atoms with E-state index in [-0.39, 0.29) is 11.4 Å². The number of carbonyl (C=O) groups is 2. The van der Waals surface area contributed by atoms with Crippen LogP contribution in [0.4, 0.5) is 5.13 Å². The van der Waals surface area contributed by atoms with Gasteiger partial charge in [-0.1, -0.05) is 68.5 Å². The zero-order valence-corrected chi connectivity index (χ0v) is 20.7. The maximum Gasteiger partial charge on any atom is 0.296 e. The molecule has 0 fully saturated rings. The zero-order valence-electron chi connectivity index (χ0n) is 19.1. The average Bonchev–Trinajstić information content (AvgIpc) is 3.57. The molecule has 0 saturated carbocycles. The number of fused-ring (bicyclic) bond motifs is 1. The molecule has 1 aliphatic rings. The van der Waals surface area contributed by atoms with Crippen molar-refractivity contribution in [1.82, 2.24) is 4.98 Å². The first-order chi connectivity index (χ1) is 16.4. The number of benzene rings is 2. The van der Waals surface area contributed by atoms with Crippen LogP contribution < -0.4 is 4.90 Å². The van der Waals surface area contributed by atoms with Crippen molar-refractivity contribution in [2.24, 2.45) is 0 Å². The van der Waals surface area contributed by atoms with Crippen molar-refractivity contribution < 1.29 is 14.7 Å². The highest BCUT2D eigenvalue weighted by Gasteiger charge is 2.46. The van der Waals surface area contributed by atoms with Gasteiger partial charge in [0, 0.05) is 0 Å². The van der Waals surface area contributed by atoms with E-state index in [1.165, 1.54) is 33.1 Å². The Labute approximate surface area is 206 Å². The predicted octanol–water partition coefficient (Wildman–Crippen LogP) is 6.83. The minimum atomic E-state index is -0.755. The van der Waals surface area contributed by atoms with Gasteiger partial charge >= 0.3 is 0 Å². The Morgan fingerprint density at radius 3 is 2.56 bits per heavy atom. The Morgan fingerprint density at radius 2 is 1.91 bits per heavy atom. The summed E-state index contributed by atoms with van der Waals surface area (Å²) >= 11 is 2.69. The summed E-state index contributed by atoms with van der Waals surface area (Å²) < 4.78 is 0.966. The van der Waals surface area contributed by atoms with Crippen LogP contribution in [0.2, 0.25) is 0 Å². The summed E-state index contributed by atoms with van der Waals surface area (Å²) in [6.07, 6.45) is 0.901. The third-order valence-corrected chi connectivity index (χ3v) is 8.06. The summed E-state index contributed by atoms with van der Waals surface area (Å²) in [5.74, 6) is -1.10. The lowest BCUT2D eigenvalue weighted by Crippen LogP contribution is -2.30. The maximum absolute atomic E-state index is 13.5. The van der Waals surface area contributed by atoms with Gasteiger partial charge in [0.2, 0.25) is 5.78 Å². The molecule has 2 aromatic carbocycles. The highest BCUT2D eigenvalue weighted by molar-refractivity contribution is 7.22. The minimum absolute atomic E-state index is 0.0956. The van der Waals surface area contributed by atoms with Crippen molar-refractivity contribution in [3.05, 3.63) is 92.9 Å². The summed E-state index contributed by atoms with van der Waals surface area (Å²) in [6, 6.07) is 16.7. The summed E-state index contributed by atoms with van der Waals surface area (Å²) in [4.78, 5) is 33.5. The highest BCUT2D eigenvalue weighted by atomic mass is 32.1. The average molecular weight is 489 g/mol. The molecule has 3 heterocycles. The molecule has 0 spiro atoms. The molecule has 5 rings (SSSR count). The fourth-order valence-corrected chi connectivity index (χ4v) is 5.97. The standard InChI is InChI=1S/C27H24N2O3S2/c1-4-16-7-12-19-21(14-16)34-27(28-19)29-23(18-10-8-17(9-11-18)15(2)3)22(25(31)26(29)32)24(30)20-6-5-13-33-20/h5-15,23,31H,4H2,1-3H3/t23-/m1/s1. The van der Waals surface area contributed by atoms with Crippen LogP contribution >= 0.6 is 22.7 Å². The summed E-state index contributed by atoms with van der Waals surface area (Å²) in [6.45, 7) is 6.32. The molecule has 1 N–H and O–H groups in total. The number of carbonyl (C=O) groups excluding carboxylic acids is 2. The molecule has 1 aliphatic heterocycles. The number of Topliss-reactive ketones (excluding diaryl/α,β-unsaturated/α-hetero) is 1. The van der Waals surface area contributed by atoms with Crippen LogP contribution in [0.5, 0.6) is 0 Å². The third kappa shape index (κ3) is 3.75. The summed E-state index contributed by atoms with van der Waals surface area (Å²) in [7, 11) is 0. The molecule has 2 aromatic heterocycles. The van der Waals surface area contributed by atoms with Crippen molar-refractivity contribution in [3.8, 4) is 0 Å². The number of thiophene rings is 1. The molecule has 0 bridgehead atoms. The molecule has 4 aromatic rings. The van der Waals surface area contributed by atoms with Gasteiger partial charge < -0.3 is 5.11 Å². The van der Waals surface area contributed by atoms with Crippen LogP contribution in [-0.2, 0) is 11.2 Å². The fourth-order valence-electron chi connectivity index (χ4n) is 4.23. The second-order valence-corrected chi connectivity index (χ2v) is 10.6. The van der Waals surface area contributed by atoms with E-state index in [0.717, 1.165) is 27.8 Å². The van der Waals surface area contributed by atoms with Crippen molar-refractivity contribution in [2.45, 2.75) is 39.2 Å². The molecule has 7 heteroatoms. The second-order valence-electron chi connectivity index (χ2n) is 8.62. The van der Waals surface area contributed by atoms with Crippen LogP contribution in [0.15, 0.2) is 71.3 Å². The van der Waals surface area contributed by atoms with Crippen molar-refractivity contribution >= 4 is 49.7 Å². The van der Waals surface area contributed by atoms with Gasteiger partial charge in [-0.05, 0) is 52.6 Å². The van der Waals surface area contributed by atoms with E-state index in [1.54, 1.807) is 12.1 Å². The van der Waals surface area contributed by atoms with Crippen LogP contribution in [-0.4, -0.2) is 21.8 Å². The number of aryl methyl sites for hydroxylation is 1. The zero-order chi connectivity index (χ0) is 24.0. The van der Waals surface area contributed by atoms with Gasteiger partial charge in [-0.2, -0.15) is 0 Å². The molecule has 172 valence electrons. The largest absolute Gasteiger partial charge is 0.503 e. The number of thiazole rings is 1. The number of aromatic nitrogens is 1. The topological polar surface area (TPSA) is 70.5 Å². The first-order valence-electron chi connectivity index (χ1n) is 11.2. The molecular formula is C27H24N2O3S2. The number of nitrogens with zero attached hydrogens (tertiary/aromatic N) is 2. The molecule has 1 atom stereocenters. The third-order valence-electron chi connectivity index (χ3n) is 6.17. The summed E-state index contributed by atoms with van der Waals surface area (Å²) in [5.41, 5.74) is 3.99. The van der Waals surface area contributed by atoms with Crippen molar-refractivity contribution in [2.75, 3.05) is 4.90 Å². The second kappa shape index (κ2) is 8.81. The minimum Gasteiger partial charge on any atom is -0.503 e. The molecule has 0 aliphatic carbocycles. The SMILES string of the molecule is CCc1ccc2nc(N3C(=O)C(O)=C(C(=O)c4cccs4)[C@H]3c3ccc(C(C)C)cc3)sc2c1. The van der Waals surface area contributed by atoms with Crippen LogP contribution in [0.1, 0.15) is 59.1 Å². The number of amides is 1. The van der Waals surface area contributed by atoms with Gasteiger partial charge in [-0.15, -0.1) is 11.3 Å². The van der Waals surface area contributed by atoms with Gasteiger partial charge in [-0.25, -0.2) is 4.98 Å². The van der Waals surface area contributed by atoms with E-state index in [9.17, 15) is 14.7 Å². The molecular weight excluding hydrogens is 464 g/mol. The van der Waals surface area contributed by atoms with Gasteiger partial charge in [-0.3, -0.25) is 14.5 Å². The highest BCUT2D eigenvalue weighted by Crippen LogP contribution is 2.44. The molecule has 34 heavy (non-hydrogen) atoms. The smallest absolute Gasteiger partial charge is 0.296 e. The Kier molecular flexibility index (Phi) is 5.83. The number of hydrogen-bond donors (Lipinski definition) is 1. The van der Waals surface area contributed by atoms with E-state index in [1.807, 2.05) is 41.8 Å². The lowest BCUT2D eigenvalue weighted by Gasteiger charge is -2.24.